The molecule has 1 fully saturated rings. The Morgan fingerprint density at radius 2 is 1.91 bits per heavy atom. The third-order valence-electron chi connectivity index (χ3n) is 5.23. The quantitative estimate of drug-likeness (QED) is 0.616. The van der Waals surface area contributed by atoms with Crippen LogP contribution in [-0.4, -0.2) is 48.9 Å². The van der Waals surface area contributed by atoms with Crippen LogP contribution in [0.3, 0.4) is 0 Å². The Labute approximate surface area is 182 Å². The number of alkyl halides is 3. The van der Waals surface area contributed by atoms with Crippen molar-refractivity contribution in [3.8, 4) is 5.82 Å². The van der Waals surface area contributed by atoms with E-state index in [4.69, 9.17) is 0 Å². The number of pyridine rings is 1. The fraction of sp³-hybridized carbons (Fsp3) is 0.450. The van der Waals surface area contributed by atoms with E-state index < -0.39 is 17.6 Å². The number of aromatic amines is 1. The highest BCUT2D eigenvalue weighted by Gasteiger charge is 2.31. The number of H-pyrrole nitrogens is 1. The minimum absolute atomic E-state index is 0.152. The van der Waals surface area contributed by atoms with Crippen LogP contribution in [0.5, 0.6) is 0 Å². The van der Waals surface area contributed by atoms with Crippen LogP contribution >= 0.6 is 0 Å². The van der Waals surface area contributed by atoms with E-state index in [0.717, 1.165) is 38.2 Å². The van der Waals surface area contributed by atoms with E-state index in [-0.39, 0.29) is 23.2 Å². The minimum Gasteiger partial charge on any atom is -0.340 e. The molecule has 0 spiro atoms. The number of amides is 1. The molecule has 0 saturated carbocycles. The highest BCUT2D eigenvalue weighted by atomic mass is 19.4. The molecular formula is C20H23F3N8O. The molecule has 4 heterocycles. The molecule has 0 aromatic carbocycles. The molecule has 1 amide bonds. The first kappa shape index (κ1) is 21.8. The minimum atomic E-state index is -4.48. The van der Waals surface area contributed by atoms with E-state index in [0.29, 0.717) is 11.6 Å². The van der Waals surface area contributed by atoms with Gasteiger partial charge in [-0.1, -0.05) is 13.8 Å². The Morgan fingerprint density at radius 1 is 1.16 bits per heavy atom. The van der Waals surface area contributed by atoms with Gasteiger partial charge in [-0.2, -0.15) is 23.3 Å². The number of hydrogen-bond donors (Lipinski definition) is 2. The van der Waals surface area contributed by atoms with E-state index in [9.17, 15) is 18.0 Å². The Balaban J connectivity index is 1.56. The third-order valence-corrected chi connectivity index (χ3v) is 5.23. The Kier molecular flexibility index (Phi) is 5.85. The smallest absolute Gasteiger partial charge is 0.340 e. The van der Waals surface area contributed by atoms with E-state index >= 15 is 0 Å². The summed E-state index contributed by atoms with van der Waals surface area (Å²) in [5, 5.41) is 13.8. The summed E-state index contributed by atoms with van der Waals surface area (Å²) in [5.41, 5.74) is -0.0598. The molecule has 12 heteroatoms. The first-order chi connectivity index (χ1) is 15.2. The SMILES string of the molecule is CC(C)c1c(C(=O)Nc2nc(N3CCCCC3)n[nH]2)cnn1-c1ccc(C(F)(F)F)cn1. The Morgan fingerprint density at radius 3 is 2.53 bits per heavy atom. The van der Waals surface area contributed by atoms with Gasteiger partial charge in [-0.15, -0.1) is 5.10 Å². The standard InChI is InChI=1S/C20H23F3N8O/c1-12(2)16-14(11-25-31(16)15-7-6-13(10-24-15)20(21,22)23)17(32)26-18-27-19(29-28-18)30-8-4-3-5-9-30/h6-7,10-12H,3-5,8-9H2,1-2H3,(H2,26,27,28,29,32). The molecule has 0 atom stereocenters. The molecule has 1 aliphatic rings. The first-order valence-corrected chi connectivity index (χ1v) is 10.3. The van der Waals surface area contributed by atoms with Crippen molar-refractivity contribution in [1.29, 1.82) is 0 Å². The van der Waals surface area contributed by atoms with Gasteiger partial charge in [-0.05, 0) is 37.3 Å². The van der Waals surface area contributed by atoms with Crippen molar-refractivity contribution >= 4 is 17.8 Å². The van der Waals surface area contributed by atoms with Gasteiger partial charge in [0.2, 0.25) is 11.9 Å². The van der Waals surface area contributed by atoms with Gasteiger partial charge in [0.05, 0.1) is 23.0 Å². The molecule has 3 aromatic heterocycles. The molecule has 3 aromatic rings. The lowest BCUT2D eigenvalue weighted by molar-refractivity contribution is -0.137. The number of piperidine rings is 1. The van der Waals surface area contributed by atoms with E-state index in [1.54, 1.807) is 0 Å². The lowest BCUT2D eigenvalue weighted by Gasteiger charge is -2.24. The van der Waals surface area contributed by atoms with Gasteiger partial charge in [0.25, 0.3) is 5.91 Å². The van der Waals surface area contributed by atoms with E-state index in [1.165, 1.54) is 23.4 Å². The fourth-order valence-corrected chi connectivity index (χ4v) is 3.67. The zero-order valence-electron chi connectivity index (χ0n) is 17.6. The van der Waals surface area contributed by atoms with E-state index in [2.05, 4.69) is 35.5 Å². The second-order valence-corrected chi connectivity index (χ2v) is 7.90. The predicted octanol–water partition coefficient (Wildman–Crippen LogP) is 3.77. The second kappa shape index (κ2) is 8.60. The number of nitrogens with one attached hydrogen (secondary N) is 2. The molecule has 1 saturated heterocycles. The monoisotopic (exact) mass is 448 g/mol. The van der Waals surface area contributed by atoms with Gasteiger partial charge in [0.1, 0.15) is 0 Å². The van der Waals surface area contributed by atoms with Crippen molar-refractivity contribution < 1.29 is 18.0 Å². The molecule has 2 N–H and O–H groups in total. The molecule has 0 bridgehead atoms. The number of nitrogens with zero attached hydrogens (tertiary/aromatic N) is 6. The summed E-state index contributed by atoms with van der Waals surface area (Å²) in [6, 6.07) is 2.16. The topological polar surface area (TPSA) is 105 Å². The molecule has 0 unspecified atom stereocenters. The molecule has 4 rings (SSSR count). The zero-order chi connectivity index (χ0) is 22.9. The summed E-state index contributed by atoms with van der Waals surface area (Å²) in [4.78, 5) is 23.2. The van der Waals surface area contributed by atoms with Crippen LogP contribution in [0.4, 0.5) is 25.1 Å². The molecule has 0 aliphatic carbocycles. The van der Waals surface area contributed by atoms with E-state index in [1.807, 2.05) is 13.8 Å². The molecule has 170 valence electrons. The van der Waals surface area contributed by atoms with Crippen molar-refractivity contribution in [1.82, 2.24) is 29.9 Å². The highest BCUT2D eigenvalue weighted by molar-refractivity contribution is 6.04. The molecular weight excluding hydrogens is 425 g/mol. The van der Waals surface area contributed by atoms with Crippen molar-refractivity contribution in [3.05, 3.63) is 41.3 Å². The number of rotatable bonds is 5. The van der Waals surface area contributed by atoms with Crippen molar-refractivity contribution in [2.75, 3.05) is 23.3 Å². The second-order valence-electron chi connectivity index (χ2n) is 7.90. The fourth-order valence-electron chi connectivity index (χ4n) is 3.67. The summed E-state index contributed by atoms with van der Waals surface area (Å²) in [7, 11) is 0. The molecule has 9 nitrogen and oxygen atoms in total. The van der Waals surface area contributed by atoms with Crippen molar-refractivity contribution in [2.45, 2.75) is 45.2 Å². The average Bonchev–Trinajstić information content (AvgIpc) is 3.41. The van der Waals surface area contributed by atoms with Crippen LogP contribution < -0.4 is 10.2 Å². The number of hydrogen-bond acceptors (Lipinski definition) is 6. The highest BCUT2D eigenvalue weighted by Crippen LogP contribution is 2.29. The summed E-state index contributed by atoms with van der Waals surface area (Å²) >= 11 is 0. The van der Waals surface area contributed by atoms with Crippen LogP contribution in [0.15, 0.2) is 24.5 Å². The number of aromatic nitrogens is 6. The Hall–Kier alpha value is -3.44. The van der Waals surface area contributed by atoms with Gasteiger partial charge in [-0.25, -0.2) is 14.8 Å². The van der Waals surface area contributed by atoms with Crippen molar-refractivity contribution in [3.63, 3.8) is 0 Å². The normalized spacial score (nSPS) is 14.8. The first-order valence-electron chi connectivity index (χ1n) is 10.3. The van der Waals surface area contributed by atoms with Gasteiger partial charge < -0.3 is 4.90 Å². The van der Waals surface area contributed by atoms with Crippen LogP contribution in [0.25, 0.3) is 5.82 Å². The molecule has 32 heavy (non-hydrogen) atoms. The zero-order valence-corrected chi connectivity index (χ0v) is 17.6. The van der Waals surface area contributed by atoms with Gasteiger partial charge in [0.15, 0.2) is 5.82 Å². The molecule has 0 radical (unpaired) electrons. The molecule has 1 aliphatic heterocycles. The van der Waals surface area contributed by atoms with Gasteiger partial charge >= 0.3 is 6.18 Å². The lowest BCUT2D eigenvalue weighted by atomic mass is 10.1. The number of halogens is 3. The van der Waals surface area contributed by atoms with Crippen LogP contribution in [0.1, 0.15) is 60.6 Å². The number of carbonyl (C=O) groups is 1. The summed E-state index contributed by atoms with van der Waals surface area (Å²) in [6.07, 6.45) is 0.964. The predicted molar refractivity (Wildman–Crippen MR) is 111 cm³/mol. The maximum absolute atomic E-state index is 12.9. The number of carbonyl (C=O) groups excluding carboxylic acids is 1. The van der Waals surface area contributed by atoms with Crippen LogP contribution in [-0.2, 0) is 6.18 Å². The van der Waals surface area contributed by atoms with Crippen LogP contribution in [0.2, 0.25) is 0 Å². The van der Waals surface area contributed by atoms with Crippen LogP contribution in [0, 0.1) is 0 Å². The third kappa shape index (κ3) is 4.43. The summed E-state index contributed by atoms with van der Waals surface area (Å²) in [5.74, 6) is 0.335. The average molecular weight is 448 g/mol. The largest absolute Gasteiger partial charge is 0.417 e. The number of anilines is 2. The van der Waals surface area contributed by atoms with Gasteiger partial charge in [0, 0.05) is 19.3 Å². The van der Waals surface area contributed by atoms with Crippen molar-refractivity contribution in [2.24, 2.45) is 0 Å². The van der Waals surface area contributed by atoms with Gasteiger partial charge in [-0.3, -0.25) is 10.1 Å². The Bertz CT molecular complexity index is 1080. The maximum Gasteiger partial charge on any atom is 0.417 e. The summed E-state index contributed by atoms with van der Waals surface area (Å²) < 4.78 is 39.9. The summed E-state index contributed by atoms with van der Waals surface area (Å²) in [6.45, 7) is 5.46. The maximum atomic E-state index is 12.9. The lowest BCUT2D eigenvalue weighted by Crippen LogP contribution is -2.30.